The van der Waals surface area contributed by atoms with Crippen LogP contribution in [0.25, 0.3) is 0 Å². The number of rotatable bonds is 9. The quantitative estimate of drug-likeness (QED) is 0.613. The van der Waals surface area contributed by atoms with Crippen molar-refractivity contribution >= 4 is 11.8 Å². The fraction of sp³-hybridized carbons (Fsp3) is 0.481. The van der Waals surface area contributed by atoms with Crippen molar-refractivity contribution < 1.29 is 9.59 Å². The third-order valence-electron chi connectivity index (χ3n) is 6.44. The Kier molecular flexibility index (Phi) is 8.27. The number of aryl methyl sites for hydroxylation is 3. The number of hydrogen-bond donors (Lipinski definition) is 1. The summed E-state index contributed by atoms with van der Waals surface area (Å²) in [5.74, 6) is 0.0314. The second-order valence-corrected chi connectivity index (χ2v) is 8.85. The van der Waals surface area contributed by atoms with Crippen LogP contribution in [0.5, 0.6) is 0 Å². The molecule has 2 aromatic carbocycles. The monoisotopic (exact) mass is 420 g/mol. The van der Waals surface area contributed by atoms with Gasteiger partial charge < -0.3 is 10.2 Å². The normalized spacial score (nSPS) is 14.9. The highest BCUT2D eigenvalue weighted by Gasteiger charge is 2.30. The maximum absolute atomic E-state index is 13.4. The minimum Gasteiger partial charge on any atom is -0.352 e. The number of nitrogens with zero attached hydrogens (tertiary/aromatic N) is 1. The first kappa shape index (κ1) is 23.1. The van der Waals surface area contributed by atoms with Gasteiger partial charge in [0.25, 0.3) is 0 Å². The van der Waals surface area contributed by atoms with E-state index in [4.69, 9.17) is 0 Å². The standard InChI is InChI=1S/C27H36N2O2/c1-4-25(27(31)28-24-11-7-8-12-24)29(19-23-10-6-5-9-21(23)3)26(30)18-17-22-15-13-20(2)14-16-22/h5-6,9-10,13-16,24-25H,4,7-8,11-12,17-19H2,1-3H3,(H,28,31)/t25-/m0/s1. The molecule has 0 radical (unpaired) electrons. The first-order valence-corrected chi connectivity index (χ1v) is 11.7. The molecule has 31 heavy (non-hydrogen) atoms. The molecule has 0 aromatic heterocycles. The zero-order valence-corrected chi connectivity index (χ0v) is 19.2. The van der Waals surface area contributed by atoms with Crippen LogP contribution >= 0.6 is 0 Å². The lowest BCUT2D eigenvalue weighted by Crippen LogP contribution is -2.51. The molecular weight excluding hydrogens is 384 g/mol. The lowest BCUT2D eigenvalue weighted by atomic mass is 10.0. The highest BCUT2D eigenvalue weighted by Crippen LogP contribution is 2.20. The van der Waals surface area contributed by atoms with Gasteiger partial charge in [-0.05, 0) is 56.2 Å². The maximum atomic E-state index is 13.4. The van der Waals surface area contributed by atoms with E-state index in [0.29, 0.717) is 25.8 Å². The molecule has 0 bridgehead atoms. The second kappa shape index (κ2) is 11.1. The molecule has 0 spiro atoms. The Balaban J connectivity index is 1.76. The molecule has 166 valence electrons. The average Bonchev–Trinajstić information content (AvgIpc) is 3.27. The van der Waals surface area contributed by atoms with Crippen molar-refractivity contribution in [1.29, 1.82) is 0 Å². The lowest BCUT2D eigenvalue weighted by Gasteiger charge is -2.32. The molecule has 0 aliphatic heterocycles. The summed E-state index contributed by atoms with van der Waals surface area (Å²) in [5.41, 5.74) is 4.60. The Morgan fingerprint density at radius 3 is 2.35 bits per heavy atom. The zero-order chi connectivity index (χ0) is 22.2. The molecule has 4 nitrogen and oxygen atoms in total. The van der Waals surface area contributed by atoms with E-state index in [1.54, 1.807) is 4.90 Å². The van der Waals surface area contributed by atoms with Gasteiger partial charge in [0.05, 0.1) is 0 Å². The molecule has 1 aliphatic carbocycles. The van der Waals surface area contributed by atoms with Gasteiger partial charge in [0.15, 0.2) is 0 Å². The van der Waals surface area contributed by atoms with Gasteiger partial charge in [0.2, 0.25) is 11.8 Å². The van der Waals surface area contributed by atoms with E-state index >= 15 is 0 Å². The molecule has 0 saturated heterocycles. The van der Waals surface area contributed by atoms with E-state index in [-0.39, 0.29) is 17.9 Å². The van der Waals surface area contributed by atoms with E-state index in [2.05, 4.69) is 55.6 Å². The van der Waals surface area contributed by atoms with Crippen LogP contribution in [-0.2, 0) is 22.6 Å². The fourth-order valence-corrected chi connectivity index (χ4v) is 4.41. The molecule has 2 amide bonds. The van der Waals surface area contributed by atoms with Gasteiger partial charge in [-0.2, -0.15) is 0 Å². The summed E-state index contributed by atoms with van der Waals surface area (Å²) in [6, 6.07) is 16.3. The fourth-order valence-electron chi connectivity index (χ4n) is 4.41. The van der Waals surface area contributed by atoms with Gasteiger partial charge in [-0.15, -0.1) is 0 Å². The molecule has 1 fully saturated rings. The van der Waals surface area contributed by atoms with Gasteiger partial charge in [-0.1, -0.05) is 73.9 Å². The Labute approximate surface area is 187 Å². The Morgan fingerprint density at radius 2 is 1.71 bits per heavy atom. The number of carbonyl (C=O) groups excluding carboxylic acids is 2. The van der Waals surface area contributed by atoms with Crippen molar-refractivity contribution in [3.63, 3.8) is 0 Å². The molecule has 1 aliphatic rings. The van der Waals surface area contributed by atoms with Crippen LogP contribution in [0.2, 0.25) is 0 Å². The van der Waals surface area contributed by atoms with Crippen molar-refractivity contribution in [2.24, 2.45) is 0 Å². The summed E-state index contributed by atoms with van der Waals surface area (Å²) < 4.78 is 0. The highest BCUT2D eigenvalue weighted by atomic mass is 16.2. The molecule has 2 aromatic rings. The van der Waals surface area contributed by atoms with E-state index < -0.39 is 6.04 Å². The number of carbonyl (C=O) groups is 2. The number of nitrogens with one attached hydrogen (secondary N) is 1. The smallest absolute Gasteiger partial charge is 0.243 e. The van der Waals surface area contributed by atoms with E-state index in [1.807, 2.05) is 19.1 Å². The van der Waals surface area contributed by atoms with Crippen LogP contribution < -0.4 is 5.32 Å². The van der Waals surface area contributed by atoms with Crippen molar-refractivity contribution in [2.75, 3.05) is 0 Å². The summed E-state index contributed by atoms with van der Waals surface area (Å²) >= 11 is 0. The predicted octanol–water partition coefficient (Wildman–Crippen LogP) is 5.10. The van der Waals surface area contributed by atoms with Gasteiger partial charge in [-0.3, -0.25) is 9.59 Å². The van der Waals surface area contributed by atoms with E-state index in [9.17, 15) is 9.59 Å². The number of amides is 2. The summed E-state index contributed by atoms with van der Waals surface area (Å²) in [6.45, 7) is 6.59. The first-order chi connectivity index (χ1) is 15.0. The van der Waals surface area contributed by atoms with Gasteiger partial charge in [0.1, 0.15) is 6.04 Å². The SMILES string of the molecule is CC[C@@H](C(=O)NC1CCCC1)N(Cc1ccccc1C)C(=O)CCc1ccc(C)cc1. The Hall–Kier alpha value is -2.62. The van der Waals surface area contributed by atoms with E-state index in [1.165, 1.54) is 18.4 Å². The molecule has 1 N–H and O–H groups in total. The topological polar surface area (TPSA) is 49.4 Å². The largest absolute Gasteiger partial charge is 0.352 e. The first-order valence-electron chi connectivity index (χ1n) is 11.7. The zero-order valence-electron chi connectivity index (χ0n) is 19.2. The maximum Gasteiger partial charge on any atom is 0.243 e. The molecule has 0 unspecified atom stereocenters. The van der Waals surface area contributed by atoms with Crippen molar-refractivity contribution in [1.82, 2.24) is 10.2 Å². The molecule has 4 heteroatoms. The Bertz CT molecular complexity index is 869. The van der Waals surface area contributed by atoms with Crippen molar-refractivity contribution in [3.05, 3.63) is 70.8 Å². The number of hydrogen-bond acceptors (Lipinski definition) is 2. The van der Waals surface area contributed by atoms with Crippen molar-refractivity contribution in [2.45, 2.75) is 84.3 Å². The molecule has 1 saturated carbocycles. The molecular formula is C27H36N2O2. The van der Waals surface area contributed by atoms with Crippen LogP contribution in [0, 0.1) is 13.8 Å². The van der Waals surface area contributed by atoms with Crippen LogP contribution in [0.15, 0.2) is 48.5 Å². The van der Waals surface area contributed by atoms with Crippen LogP contribution in [-0.4, -0.2) is 28.8 Å². The minimum absolute atomic E-state index is 0.00771. The van der Waals surface area contributed by atoms with Crippen LogP contribution in [0.4, 0.5) is 0 Å². The van der Waals surface area contributed by atoms with Crippen LogP contribution in [0.3, 0.4) is 0 Å². The molecule has 3 rings (SSSR count). The molecule has 0 heterocycles. The summed E-state index contributed by atoms with van der Waals surface area (Å²) in [6.07, 6.45) is 6.13. The van der Waals surface area contributed by atoms with Gasteiger partial charge >= 0.3 is 0 Å². The highest BCUT2D eigenvalue weighted by molar-refractivity contribution is 5.88. The third kappa shape index (κ3) is 6.43. The second-order valence-electron chi connectivity index (χ2n) is 8.85. The van der Waals surface area contributed by atoms with Crippen molar-refractivity contribution in [3.8, 4) is 0 Å². The number of benzene rings is 2. The third-order valence-corrected chi connectivity index (χ3v) is 6.44. The minimum atomic E-state index is -0.439. The van der Waals surface area contributed by atoms with Gasteiger partial charge in [-0.25, -0.2) is 0 Å². The van der Waals surface area contributed by atoms with Crippen LogP contribution in [0.1, 0.15) is 67.7 Å². The average molecular weight is 421 g/mol. The lowest BCUT2D eigenvalue weighted by molar-refractivity contribution is -0.141. The van der Waals surface area contributed by atoms with Gasteiger partial charge in [0, 0.05) is 19.0 Å². The Morgan fingerprint density at radius 1 is 1.03 bits per heavy atom. The summed E-state index contributed by atoms with van der Waals surface area (Å²) in [4.78, 5) is 28.4. The summed E-state index contributed by atoms with van der Waals surface area (Å²) in [5, 5.41) is 3.21. The predicted molar refractivity (Wildman–Crippen MR) is 126 cm³/mol. The molecule has 1 atom stereocenters. The van der Waals surface area contributed by atoms with E-state index in [0.717, 1.165) is 29.5 Å². The summed E-state index contributed by atoms with van der Waals surface area (Å²) in [7, 11) is 0.